The standard InChI is InChI=1S/C22H32ClN7O2/c1-22(2,9-10-32-13-14-7-5-4-6-8-14)11-15-12-26-21(27-15)30-20(31)16-19(25-3)29-18(24)17(23)28-16/h5,7-8,15H,4,6,9-13H2,1-3H3,(H3,24,25,29)(H2,26,27,30,31). The molecule has 1 aromatic heterocycles. The monoisotopic (exact) mass is 461 g/mol. The van der Waals surface area contributed by atoms with E-state index in [9.17, 15) is 4.79 Å². The number of aromatic nitrogens is 2. The number of aliphatic imine (C=N–C) groups is 1. The topological polar surface area (TPSA) is 127 Å². The van der Waals surface area contributed by atoms with Crippen LogP contribution in [-0.4, -0.2) is 54.7 Å². The Morgan fingerprint density at radius 2 is 2.19 bits per heavy atom. The van der Waals surface area contributed by atoms with E-state index in [1.165, 1.54) is 5.57 Å². The molecular formula is C22H32ClN7O2. The predicted octanol–water partition coefficient (Wildman–Crippen LogP) is 2.91. The summed E-state index contributed by atoms with van der Waals surface area (Å²) in [7, 11) is 1.63. The fraction of sp³-hybridized carbons (Fsp3) is 0.545. The molecule has 0 bridgehead atoms. The molecule has 0 spiro atoms. The largest absolute Gasteiger partial charge is 0.381 e. The Morgan fingerprint density at radius 3 is 2.91 bits per heavy atom. The van der Waals surface area contributed by atoms with Crippen LogP contribution in [0.25, 0.3) is 0 Å². The highest BCUT2D eigenvalue weighted by molar-refractivity contribution is 6.31. The molecule has 5 N–H and O–H groups in total. The fourth-order valence-corrected chi connectivity index (χ4v) is 3.81. The van der Waals surface area contributed by atoms with E-state index in [1.807, 2.05) is 0 Å². The van der Waals surface area contributed by atoms with Crippen molar-refractivity contribution in [2.75, 3.05) is 37.9 Å². The van der Waals surface area contributed by atoms with E-state index in [0.717, 1.165) is 25.7 Å². The first-order chi connectivity index (χ1) is 15.3. The molecule has 1 aliphatic heterocycles. The van der Waals surface area contributed by atoms with Gasteiger partial charge in [-0.1, -0.05) is 43.7 Å². The number of nitrogen functional groups attached to an aromatic ring is 1. The third-order valence-corrected chi connectivity index (χ3v) is 5.71. The van der Waals surface area contributed by atoms with E-state index in [0.29, 0.717) is 25.7 Å². The van der Waals surface area contributed by atoms with Gasteiger partial charge in [0.05, 0.1) is 13.2 Å². The second kappa shape index (κ2) is 10.8. The van der Waals surface area contributed by atoms with E-state index in [2.05, 4.69) is 63.0 Å². The van der Waals surface area contributed by atoms with Crippen LogP contribution >= 0.6 is 11.6 Å². The summed E-state index contributed by atoms with van der Waals surface area (Å²) < 4.78 is 5.87. The zero-order chi connectivity index (χ0) is 23.1. The Kier molecular flexibility index (Phi) is 8.09. The summed E-state index contributed by atoms with van der Waals surface area (Å²) in [6, 6.07) is 0.133. The smallest absolute Gasteiger partial charge is 0.280 e. The molecule has 1 amide bonds. The lowest BCUT2D eigenvalue weighted by molar-refractivity contribution is 0.0971. The number of amides is 1. The molecule has 3 rings (SSSR count). The van der Waals surface area contributed by atoms with E-state index < -0.39 is 5.91 Å². The Bertz CT molecular complexity index is 927. The zero-order valence-corrected chi connectivity index (χ0v) is 19.6. The molecule has 32 heavy (non-hydrogen) atoms. The van der Waals surface area contributed by atoms with Crippen molar-refractivity contribution in [3.05, 3.63) is 34.6 Å². The van der Waals surface area contributed by atoms with Gasteiger partial charge >= 0.3 is 0 Å². The molecule has 0 fully saturated rings. The fourth-order valence-electron chi connectivity index (χ4n) is 3.69. The molecular weight excluding hydrogens is 430 g/mol. The second-order valence-electron chi connectivity index (χ2n) is 8.76. The van der Waals surface area contributed by atoms with Gasteiger partial charge in [0.25, 0.3) is 5.91 Å². The van der Waals surface area contributed by atoms with Crippen molar-refractivity contribution in [3.63, 3.8) is 0 Å². The number of nitrogens with two attached hydrogens (primary N) is 1. The van der Waals surface area contributed by atoms with Crippen LogP contribution in [0.1, 0.15) is 50.0 Å². The van der Waals surface area contributed by atoms with Gasteiger partial charge in [-0.3, -0.25) is 15.1 Å². The molecule has 1 aromatic rings. The number of allylic oxidation sites excluding steroid dienone is 2. The molecule has 10 heteroatoms. The quantitative estimate of drug-likeness (QED) is 0.416. The molecule has 2 heterocycles. The number of nitrogens with zero attached hydrogens (tertiary/aromatic N) is 3. The summed E-state index contributed by atoms with van der Waals surface area (Å²) in [5.41, 5.74) is 7.04. The maximum atomic E-state index is 12.6. The van der Waals surface area contributed by atoms with Crippen LogP contribution in [0.2, 0.25) is 5.15 Å². The zero-order valence-electron chi connectivity index (χ0n) is 18.9. The first kappa shape index (κ1) is 24.0. The van der Waals surface area contributed by atoms with E-state index in [1.54, 1.807) is 7.05 Å². The number of halogens is 1. The third-order valence-electron chi connectivity index (χ3n) is 5.44. The highest BCUT2D eigenvalue weighted by atomic mass is 35.5. The highest BCUT2D eigenvalue weighted by Gasteiger charge is 2.28. The van der Waals surface area contributed by atoms with E-state index in [4.69, 9.17) is 22.1 Å². The van der Waals surface area contributed by atoms with Gasteiger partial charge in [-0.05, 0) is 36.7 Å². The normalized spacial score (nSPS) is 18.1. The number of carbonyl (C=O) groups is 1. The number of anilines is 2. The summed E-state index contributed by atoms with van der Waals surface area (Å²) in [6.07, 6.45) is 10.6. The van der Waals surface area contributed by atoms with Crippen LogP contribution in [0.4, 0.5) is 11.6 Å². The van der Waals surface area contributed by atoms with Crippen LogP contribution in [-0.2, 0) is 4.74 Å². The molecule has 0 aromatic carbocycles. The van der Waals surface area contributed by atoms with Gasteiger partial charge < -0.3 is 21.1 Å². The lowest BCUT2D eigenvalue weighted by Crippen LogP contribution is -2.43. The number of nitrogens with one attached hydrogen (secondary N) is 3. The number of guanidine groups is 1. The molecule has 0 saturated heterocycles. The first-order valence-corrected chi connectivity index (χ1v) is 11.2. The van der Waals surface area contributed by atoms with E-state index >= 15 is 0 Å². The molecule has 9 nitrogen and oxygen atoms in total. The van der Waals surface area contributed by atoms with Crippen molar-refractivity contribution < 1.29 is 9.53 Å². The number of ether oxygens (including phenoxy) is 1. The summed E-state index contributed by atoms with van der Waals surface area (Å²) in [6.45, 7) is 6.41. The summed E-state index contributed by atoms with van der Waals surface area (Å²) in [5.74, 6) is 0.261. The van der Waals surface area contributed by atoms with Gasteiger partial charge in [0, 0.05) is 19.7 Å². The summed E-state index contributed by atoms with van der Waals surface area (Å²) in [4.78, 5) is 25.1. The molecule has 0 saturated carbocycles. The number of carbonyl (C=O) groups excluding carboxylic acids is 1. The summed E-state index contributed by atoms with van der Waals surface area (Å²) >= 11 is 5.93. The van der Waals surface area contributed by atoms with Crippen molar-refractivity contribution in [1.82, 2.24) is 20.6 Å². The van der Waals surface area contributed by atoms with Crippen molar-refractivity contribution in [1.29, 1.82) is 0 Å². The van der Waals surface area contributed by atoms with Crippen LogP contribution in [0.3, 0.4) is 0 Å². The first-order valence-electron chi connectivity index (χ1n) is 10.8. The minimum Gasteiger partial charge on any atom is -0.381 e. The molecule has 1 aliphatic carbocycles. The molecule has 174 valence electrons. The second-order valence-corrected chi connectivity index (χ2v) is 9.12. The Labute approximate surface area is 194 Å². The summed E-state index contributed by atoms with van der Waals surface area (Å²) in [5, 5.41) is 8.81. The molecule has 1 atom stereocenters. The highest BCUT2D eigenvalue weighted by Crippen LogP contribution is 2.28. The average Bonchev–Trinajstić information content (AvgIpc) is 3.19. The van der Waals surface area contributed by atoms with Gasteiger partial charge in [-0.15, -0.1) is 0 Å². The SMILES string of the molecule is CNc1nc(N)c(Cl)nc1C(=O)NC1=NCC(CC(C)(C)CCOCC2=CCCC=C2)N1. The van der Waals surface area contributed by atoms with Crippen LogP contribution in [0.15, 0.2) is 28.8 Å². The van der Waals surface area contributed by atoms with Crippen molar-refractivity contribution >= 4 is 35.1 Å². The Morgan fingerprint density at radius 1 is 1.38 bits per heavy atom. The lowest BCUT2D eigenvalue weighted by atomic mass is 9.83. The van der Waals surface area contributed by atoms with Crippen molar-refractivity contribution in [2.24, 2.45) is 10.4 Å². The van der Waals surface area contributed by atoms with Gasteiger partial charge in [0.2, 0.25) is 0 Å². The molecule has 1 unspecified atom stereocenters. The van der Waals surface area contributed by atoms with Crippen molar-refractivity contribution in [2.45, 2.75) is 45.6 Å². The minimum atomic E-state index is -0.464. The Hall–Kier alpha value is -2.65. The number of hydrogen-bond donors (Lipinski definition) is 4. The van der Waals surface area contributed by atoms with Crippen LogP contribution in [0, 0.1) is 5.41 Å². The van der Waals surface area contributed by atoms with Crippen LogP contribution < -0.4 is 21.7 Å². The lowest BCUT2D eigenvalue weighted by Gasteiger charge is -2.28. The average molecular weight is 462 g/mol. The number of rotatable bonds is 9. The molecule has 2 aliphatic rings. The Balaban J connectivity index is 1.44. The van der Waals surface area contributed by atoms with Gasteiger partial charge in [-0.25, -0.2) is 9.97 Å². The predicted molar refractivity (Wildman–Crippen MR) is 128 cm³/mol. The van der Waals surface area contributed by atoms with Gasteiger partial charge in [-0.2, -0.15) is 0 Å². The van der Waals surface area contributed by atoms with Gasteiger partial charge in [0.1, 0.15) is 0 Å². The molecule has 0 radical (unpaired) electrons. The minimum absolute atomic E-state index is 0.0203. The van der Waals surface area contributed by atoms with Crippen molar-refractivity contribution in [3.8, 4) is 0 Å². The van der Waals surface area contributed by atoms with E-state index in [-0.39, 0.29) is 33.9 Å². The maximum Gasteiger partial charge on any atom is 0.280 e. The maximum absolute atomic E-state index is 12.6. The van der Waals surface area contributed by atoms with Gasteiger partial charge in [0.15, 0.2) is 28.4 Å². The van der Waals surface area contributed by atoms with Crippen LogP contribution in [0.5, 0.6) is 0 Å². The number of hydrogen-bond acceptors (Lipinski definition) is 8. The third kappa shape index (κ3) is 6.67.